The standard InChI is InChI=1S/C21H31N5O3.HI/c1-3-29-21(28)25-14-12-24(13-15-25)20(22-2)23-16-17-7-9-18(10-8-17)26-11-5-4-6-19(26)27;/h7-10H,3-6,11-16H2,1-2H3,(H,22,23);1H. The van der Waals surface area contributed by atoms with E-state index in [2.05, 4.69) is 27.3 Å². The molecule has 30 heavy (non-hydrogen) atoms. The van der Waals surface area contributed by atoms with Gasteiger partial charge in [-0.1, -0.05) is 12.1 Å². The molecule has 0 aromatic heterocycles. The fourth-order valence-electron chi connectivity index (χ4n) is 3.70. The Bertz CT molecular complexity index is 733. The molecule has 1 aromatic carbocycles. The lowest BCUT2D eigenvalue weighted by atomic mass is 10.1. The van der Waals surface area contributed by atoms with Gasteiger partial charge in [0.25, 0.3) is 0 Å². The van der Waals surface area contributed by atoms with Crippen molar-refractivity contribution in [1.82, 2.24) is 15.1 Å². The van der Waals surface area contributed by atoms with Gasteiger partial charge in [0.2, 0.25) is 5.91 Å². The van der Waals surface area contributed by atoms with E-state index in [9.17, 15) is 9.59 Å². The van der Waals surface area contributed by atoms with Gasteiger partial charge in [-0.3, -0.25) is 9.79 Å². The second kappa shape index (κ2) is 12.0. The Morgan fingerprint density at radius 1 is 1.07 bits per heavy atom. The smallest absolute Gasteiger partial charge is 0.409 e. The molecule has 2 aliphatic heterocycles. The molecular weight excluding hydrogens is 497 g/mol. The summed E-state index contributed by atoms with van der Waals surface area (Å²) in [7, 11) is 1.77. The van der Waals surface area contributed by atoms with Gasteiger partial charge in [-0.15, -0.1) is 24.0 Å². The predicted octanol–water partition coefficient (Wildman–Crippen LogP) is 2.67. The predicted molar refractivity (Wildman–Crippen MR) is 128 cm³/mol. The maximum Gasteiger partial charge on any atom is 0.409 e. The highest BCUT2D eigenvalue weighted by molar-refractivity contribution is 14.0. The van der Waals surface area contributed by atoms with E-state index in [1.807, 2.05) is 24.0 Å². The van der Waals surface area contributed by atoms with Crippen molar-refractivity contribution in [3.8, 4) is 0 Å². The second-order valence-corrected chi connectivity index (χ2v) is 7.24. The fourth-order valence-corrected chi connectivity index (χ4v) is 3.70. The number of piperidine rings is 1. The van der Waals surface area contributed by atoms with Crippen molar-refractivity contribution in [1.29, 1.82) is 0 Å². The number of anilines is 1. The van der Waals surface area contributed by atoms with Gasteiger partial charge in [0.05, 0.1) is 6.61 Å². The lowest BCUT2D eigenvalue weighted by Crippen LogP contribution is -2.53. The summed E-state index contributed by atoms with van der Waals surface area (Å²) in [5.41, 5.74) is 2.10. The summed E-state index contributed by atoms with van der Waals surface area (Å²) in [5.74, 6) is 1.04. The molecule has 0 aliphatic carbocycles. The van der Waals surface area contributed by atoms with Crippen LogP contribution in [0.25, 0.3) is 0 Å². The zero-order valence-electron chi connectivity index (χ0n) is 17.8. The zero-order chi connectivity index (χ0) is 20.6. The molecule has 2 heterocycles. The number of piperazine rings is 1. The summed E-state index contributed by atoms with van der Waals surface area (Å²) in [6, 6.07) is 8.13. The second-order valence-electron chi connectivity index (χ2n) is 7.24. The molecule has 0 bridgehead atoms. The summed E-state index contributed by atoms with van der Waals surface area (Å²) in [6.45, 7) is 6.35. The number of nitrogens with zero attached hydrogens (tertiary/aromatic N) is 4. The van der Waals surface area contributed by atoms with Crippen LogP contribution in [0.5, 0.6) is 0 Å². The van der Waals surface area contributed by atoms with Gasteiger partial charge in [-0.05, 0) is 37.5 Å². The topological polar surface area (TPSA) is 77.5 Å². The monoisotopic (exact) mass is 529 g/mol. The minimum absolute atomic E-state index is 0. The Labute approximate surface area is 195 Å². The molecule has 0 radical (unpaired) electrons. The van der Waals surface area contributed by atoms with Crippen LogP contribution in [0.2, 0.25) is 0 Å². The molecule has 8 nitrogen and oxygen atoms in total. The first-order valence-electron chi connectivity index (χ1n) is 10.4. The van der Waals surface area contributed by atoms with Gasteiger partial charge in [-0.25, -0.2) is 4.79 Å². The van der Waals surface area contributed by atoms with Crippen LogP contribution < -0.4 is 10.2 Å². The highest BCUT2D eigenvalue weighted by Gasteiger charge is 2.23. The molecule has 166 valence electrons. The molecule has 1 aromatic rings. The Balaban J connectivity index is 0.00000320. The highest BCUT2D eigenvalue weighted by atomic mass is 127. The number of hydrogen-bond acceptors (Lipinski definition) is 4. The number of amides is 2. The van der Waals surface area contributed by atoms with Gasteiger partial charge in [0.15, 0.2) is 5.96 Å². The van der Waals surface area contributed by atoms with Crippen molar-refractivity contribution in [3.63, 3.8) is 0 Å². The Kier molecular flexibility index (Phi) is 9.67. The minimum atomic E-state index is -0.248. The summed E-state index contributed by atoms with van der Waals surface area (Å²) in [5, 5.41) is 3.39. The Hall–Kier alpha value is -2.04. The SMILES string of the molecule is CCOC(=O)N1CCN(C(=NC)NCc2ccc(N3CCCCC3=O)cc2)CC1.I. The number of halogens is 1. The van der Waals surface area contributed by atoms with E-state index in [1.165, 1.54) is 0 Å². The van der Waals surface area contributed by atoms with Gasteiger partial charge in [0.1, 0.15) is 0 Å². The molecule has 0 unspecified atom stereocenters. The molecule has 2 aliphatic rings. The van der Waals surface area contributed by atoms with E-state index >= 15 is 0 Å². The number of hydrogen-bond donors (Lipinski definition) is 1. The number of carbonyl (C=O) groups is 2. The normalized spacial score (nSPS) is 17.5. The zero-order valence-corrected chi connectivity index (χ0v) is 20.1. The molecule has 9 heteroatoms. The largest absolute Gasteiger partial charge is 0.450 e. The van der Waals surface area contributed by atoms with Crippen molar-refractivity contribution in [3.05, 3.63) is 29.8 Å². The number of guanidine groups is 1. The molecule has 2 saturated heterocycles. The van der Waals surface area contributed by atoms with E-state index in [0.717, 1.165) is 36.6 Å². The van der Waals surface area contributed by atoms with E-state index in [0.29, 0.717) is 45.8 Å². The number of nitrogens with one attached hydrogen (secondary N) is 1. The molecule has 1 N–H and O–H groups in total. The molecule has 0 atom stereocenters. The molecule has 0 saturated carbocycles. The first kappa shape index (κ1) is 24.2. The van der Waals surface area contributed by atoms with Crippen molar-refractivity contribution >= 4 is 47.6 Å². The van der Waals surface area contributed by atoms with Crippen LogP contribution in [0.1, 0.15) is 31.7 Å². The van der Waals surface area contributed by atoms with E-state index in [1.54, 1.807) is 11.9 Å². The lowest BCUT2D eigenvalue weighted by Gasteiger charge is -2.35. The van der Waals surface area contributed by atoms with Crippen molar-refractivity contribution in [2.75, 3.05) is 51.3 Å². The highest BCUT2D eigenvalue weighted by Crippen LogP contribution is 2.21. The van der Waals surface area contributed by atoms with Crippen LogP contribution in [0.15, 0.2) is 29.3 Å². The number of carbonyl (C=O) groups excluding carboxylic acids is 2. The third kappa shape index (κ3) is 6.23. The van der Waals surface area contributed by atoms with E-state index < -0.39 is 0 Å². The first-order valence-corrected chi connectivity index (χ1v) is 10.4. The van der Waals surface area contributed by atoms with Gasteiger partial charge < -0.3 is 24.8 Å². The van der Waals surface area contributed by atoms with Crippen LogP contribution in [-0.4, -0.2) is 74.1 Å². The van der Waals surface area contributed by atoms with Crippen LogP contribution in [-0.2, 0) is 16.1 Å². The van der Waals surface area contributed by atoms with Gasteiger partial charge >= 0.3 is 6.09 Å². The Morgan fingerprint density at radius 3 is 2.33 bits per heavy atom. The van der Waals surface area contributed by atoms with E-state index in [-0.39, 0.29) is 36.0 Å². The first-order chi connectivity index (χ1) is 14.1. The molecule has 2 fully saturated rings. The summed E-state index contributed by atoms with van der Waals surface area (Å²) >= 11 is 0. The van der Waals surface area contributed by atoms with Crippen molar-refractivity contribution in [2.45, 2.75) is 32.7 Å². The Morgan fingerprint density at radius 2 is 1.73 bits per heavy atom. The van der Waals surface area contributed by atoms with Crippen LogP contribution in [0.4, 0.5) is 10.5 Å². The third-order valence-corrected chi connectivity index (χ3v) is 5.34. The van der Waals surface area contributed by atoms with Crippen LogP contribution >= 0.6 is 24.0 Å². The number of rotatable bonds is 4. The maximum absolute atomic E-state index is 12.1. The summed E-state index contributed by atoms with van der Waals surface area (Å²) in [4.78, 5) is 34.0. The fraction of sp³-hybridized carbons (Fsp3) is 0.571. The average Bonchev–Trinajstić information content (AvgIpc) is 2.76. The lowest BCUT2D eigenvalue weighted by molar-refractivity contribution is -0.119. The van der Waals surface area contributed by atoms with Gasteiger partial charge in [0, 0.05) is 58.4 Å². The van der Waals surface area contributed by atoms with E-state index in [4.69, 9.17) is 4.74 Å². The number of aliphatic imine (C=N–C) groups is 1. The number of ether oxygens (including phenoxy) is 1. The summed E-state index contributed by atoms with van der Waals surface area (Å²) in [6.07, 6.45) is 2.45. The number of benzene rings is 1. The third-order valence-electron chi connectivity index (χ3n) is 5.34. The summed E-state index contributed by atoms with van der Waals surface area (Å²) < 4.78 is 5.07. The van der Waals surface area contributed by atoms with Crippen LogP contribution in [0.3, 0.4) is 0 Å². The quantitative estimate of drug-likeness (QED) is 0.369. The molecule has 2 amide bonds. The van der Waals surface area contributed by atoms with Gasteiger partial charge in [-0.2, -0.15) is 0 Å². The average molecular weight is 529 g/mol. The molecule has 0 spiro atoms. The van der Waals surface area contributed by atoms with Crippen LogP contribution in [0, 0.1) is 0 Å². The van der Waals surface area contributed by atoms with Crippen molar-refractivity contribution in [2.24, 2.45) is 4.99 Å². The van der Waals surface area contributed by atoms with Crippen molar-refractivity contribution < 1.29 is 14.3 Å². The molecular formula is C21H32IN5O3. The minimum Gasteiger partial charge on any atom is -0.450 e. The maximum atomic E-state index is 12.1. The molecule has 3 rings (SSSR count).